The SMILES string of the molecule is COCC[O][Al-]([O]CCOC)([O]CCOC)[O]CCOC.[Li+]. The zero-order valence-electron chi connectivity index (χ0n) is 14.5. The molecule has 22 heavy (non-hydrogen) atoms. The third-order valence-corrected chi connectivity index (χ3v) is 5.01. The fraction of sp³-hybridized carbons (Fsp3) is 1.00. The molecule has 0 bridgehead atoms. The van der Waals surface area contributed by atoms with Gasteiger partial charge in [0.2, 0.25) is 0 Å². The summed E-state index contributed by atoms with van der Waals surface area (Å²) in [4.78, 5) is 0. The molecule has 0 atom stereocenters. The number of methoxy groups -OCH3 is 4. The van der Waals surface area contributed by atoms with Gasteiger partial charge in [-0.2, -0.15) is 0 Å². The van der Waals surface area contributed by atoms with Crippen molar-refractivity contribution in [2.75, 3.05) is 81.3 Å². The van der Waals surface area contributed by atoms with Crippen molar-refractivity contribution >= 4 is 14.4 Å². The van der Waals surface area contributed by atoms with Gasteiger partial charge in [-0.25, -0.2) is 0 Å². The molecule has 0 aromatic heterocycles. The van der Waals surface area contributed by atoms with Crippen molar-refractivity contribution in [2.24, 2.45) is 0 Å². The van der Waals surface area contributed by atoms with Crippen LogP contribution in [0.1, 0.15) is 0 Å². The maximum absolute atomic E-state index is 5.72. The minimum Gasteiger partial charge on any atom is -0.585 e. The summed E-state index contributed by atoms with van der Waals surface area (Å²) in [6.07, 6.45) is 0. The first-order chi connectivity index (χ1) is 10.2. The smallest absolute Gasteiger partial charge is 0.585 e. The van der Waals surface area contributed by atoms with Crippen molar-refractivity contribution in [2.45, 2.75) is 0 Å². The standard InChI is InChI=1S/4C3H7O2.Al.Li/c4*1-5-3-2-4;;/h4*2-3H2,1H3;;/q4*-1;+3;+1. The molecule has 0 N–H and O–H groups in total. The van der Waals surface area contributed by atoms with Crippen LogP contribution in [0.2, 0.25) is 0 Å². The van der Waals surface area contributed by atoms with E-state index in [1.165, 1.54) is 0 Å². The van der Waals surface area contributed by atoms with Crippen LogP contribution in [0.5, 0.6) is 0 Å². The van der Waals surface area contributed by atoms with E-state index in [0.717, 1.165) is 0 Å². The van der Waals surface area contributed by atoms with Gasteiger partial charge in [-0.3, -0.25) is 0 Å². The van der Waals surface area contributed by atoms with Crippen LogP contribution in [-0.4, -0.2) is 95.7 Å². The van der Waals surface area contributed by atoms with Gasteiger partial charge in [0.25, 0.3) is 0 Å². The molecule has 0 rings (SSSR count). The largest absolute Gasteiger partial charge is 1.00 e. The molecule has 0 spiro atoms. The first-order valence-electron chi connectivity index (χ1n) is 6.89. The normalized spacial score (nSPS) is 11.5. The summed E-state index contributed by atoms with van der Waals surface area (Å²) in [6.45, 7) is 3.02. The van der Waals surface area contributed by atoms with Crippen molar-refractivity contribution < 1.29 is 53.0 Å². The van der Waals surface area contributed by atoms with E-state index in [1.807, 2.05) is 0 Å². The van der Waals surface area contributed by atoms with Crippen LogP contribution in [0.4, 0.5) is 0 Å². The molecule has 0 heterocycles. The van der Waals surface area contributed by atoms with Crippen LogP contribution in [0.15, 0.2) is 0 Å². The van der Waals surface area contributed by atoms with Crippen molar-refractivity contribution in [1.29, 1.82) is 0 Å². The van der Waals surface area contributed by atoms with Gasteiger partial charge in [0.05, 0.1) is 26.4 Å². The predicted octanol–water partition coefficient (Wildman–Crippen LogP) is -2.92. The summed E-state index contributed by atoms with van der Waals surface area (Å²) in [5, 5.41) is 0. The molecule has 0 fully saturated rings. The molecule has 8 nitrogen and oxygen atoms in total. The molecule has 0 saturated carbocycles. The van der Waals surface area contributed by atoms with Gasteiger partial charge in [0.15, 0.2) is 0 Å². The van der Waals surface area contributed by atoms with Crippen LogP contribution >= 0.6 is 0 Å². The second kappa shape index (κ2) is 18.2. The number of hydrogen-bond acceptors (Lipinski definition) is 8. The quantitative estimate of drug-likeness (QED) is 0.220. The van der Waals surface area contributed by atoms with E-state index in [4.69, 9.17) is 34.1 Å². The first-order valence-corrected chi connectivity index (χ1v) is 8.77. The molecule has 10 heteroatoms. The van der Waals surface area contributed by atoms with Gasteiger partial charge >= 0.3 is 33.3 Å². The van der Waals surface area contributed by atoms with E-state index in [-0.39, 0.29) is 18.9 Å². The van der Waals surface area contributed by atoms with Gasteiger partial charge in [-0.15, -0.1) is 0 Å². The first kappa shape index (κ1) is 25.1. The van der Waals surface area contributed by atoms with Crippen molar-refractivity contribution in [1.82, 2.24) is 0 Å². The minimum absolute atomic E-state index is 0. The fourth-order valence-electron chi connectivity index (χ4n) is 1.39. The van der Waals surface area contributed by atoms with E-state index >= 15 is 0 Å². The third-order valence-electron chi connectivity index (χ3n) is 2.44. The fourth-order valence-corrected chi connectivity index (χ4v) is 3.51. The Kier molecular flexibility index (Phi) is 20.7. The molecule has 0 amide bonds. The molecular formula is C12H28AlLiO8. The molecule has 0 aliphatic rings. The predicted molar refractivity (Wildman–Crippen MR) is 77.1 cm³/mol. The van der Waals surface area contributed by atoms with Crippen molar-refractivity contribution in [3.63, 3.8) is 0 Å². The Hall–Kier alpha value is 0.810. The van der Waals surface area contributed by atoms with Gasteiger partial charge < -0.3 is 34.1 Å². The van der Waals surface area contributed by atoms with E-state index in [1.54, 1.807) is 28.4 Å². The van der Waals surface area contributed by atoms with Crippen molar-refractivity contribution in [3.8, 4) is 0 Å². The summed E-state index contributed by atoms with van der Waals surface area (Å²) in [5.74, 6) is 0. The Morgan fingerprint density at radius 3 is 0.864 bits per heavy atom. The molecule has 0 aliphatic carbocycles. The average Bonchev–Trinajstić information content (AvgIpc) is 2.48. The maximum atomic E-state index is 5.72. The number of ether oxygens (including phenoxy) is 4. The number of hydrogen-bond donors (Lipinski definition) is 0. The van der Waals surface area contributed by atoms with Crippen LogP contribution in [0, 0.1) is 0 Å². The summed E-state index contributed by atoms with van der Waals surface area (Å²) >= 11 is -3.59. The molecule has 0 unspecified atom stereocenters. The van der Waals surface area contributed by atoms with Crippen LogP contribution < -0.4 is 18.9 Å². The molecule has 0 aromatic carbocycles. The third kappa shape index (κ3) is 13.3. The van der Waals surface area contributed by atoms with E-state index in [0.29, 0.717) is 52.9 Å². The van der Waals surface area contributed by atoms with Crippen LogP contribution in [-0.2, 0) is 34.1 Å². The summed E-state index contributed by atoms with van der Waals surface area (Å²) in [5.41, 5.74) is 0. The van der Waals surface area contributed by atoms with Gasteiger partial charge in [0, 0.05) is 54.9 Å². The molecular weight excluding hydrogens is 306 g/mol. The second-order valence-electron chi connectivity index (χ2n) is 4.03. The molecule has 0 saturated heterocycles. The van der Waals surface area contributed by atoms with E-state index in [9.17, 15) is 0 Å². The Morgan fingerprint density at radius 2 is 0.682 bits per heavy atom. The van der Waals surface area contributed by atoms with E-state index < -0.39 is 14.4 Å². The Morgan fingerprint density at radius 1 is 0.455 bits per heavy atom. The zero-order valence-corrected chi connectivity index (χ0v) is 15.7. The summed E-state index contributed by atoms with van der Waals surface area (Å²) < 4.78 is 42.8. The second-order valence-corrected chi connectivity index (χ2v) is 6.52. The molecule has 128 valence electrons. The summed E-state index contributed by atoms with van der Waals surface area (Å²) in [7, 11) is 6.39. The molecule has 0 radical (unpaired) electrons. The number of rotatable bonds is 16. The van der Waals surface area contributed by atoms with Crippen molar-refractivity contribution in [3.05, 3.63) is 0 Å². The van der Waals surface area contributed by atoms with E-state index in [2.05, 4.69) is 0 Å². The molecule has 0 aromatic rings. The van der Waals surface area contributed by atoms with Crippen LogP contribution in [0.3, 0.4) is 0 Å². The maximum Gasteiger partial charge on any atom is 1.00 e. The van der Waals surface area contributed by atoms with Gasteiger partial charge in [-0.1, -0.05) is 0 Å². The Labute approximate surface area is 148 Å². The topological polar surface area (TPSA) is 73.8 Å². The average molecular weight is 334 g/mol. The monoisotopic (exact) mass is 334 g/mol. The van der Waals surface area contributed by atoms with Gasteiger partial charge in [-0.05, 0) is 0 Å². The van der Waals surface area contributed by atoms with Gasteiger partial charge in [0.1, 0.15) is 0 Å². The van der Waals surface area contributed by atoms with Crippen LogP contribution in [0.25, 0.3) is 0 Å². The Bertz CT molecular complexity index is 180. The minimum atomic E-state index is -3.59. The summed E-state index contributed by atoms with van der Waals surface area (Å²) in [6, 6.07) is 0. The zero-order chi connectivity index (χ0) is 15.8. The molecule has 0 aliphatic heterocycles. The Balaban J connectivity index is 0.